The van der Waals surface area contributed by atoms with Gasteiger partial charge in [-0.3, -0.25) is 4.79 Å². The van der Waals surface area contributed by atoms with E-state index in [1.165, 1.54) is 6.07 Å². The van der Waals surface area contributed by atoms with Gasteiger partial charge in [-0.05, 0) is 36.8 Å². The smallest absolute Gasteiger partial charge is 0.353 e. The summed E-state index contributed by atoms with van der Waals surface area (Å²) < 4.78 is 39.2. The van der Waals surface area contributed by atoms with E-state index in [0.717, 1.165) is 33.6 Å². The molecule has 3 aromatic rings. The molecule has 0 unspecified atom stereocenters. The van der Waals surface area contributed by atoms with Gasteiger partial charge in [0.15, 0.2) is 0 Å². The maximum absolute atomic E-state index is 12.8. The largest absolute Gasteiger partial charge is 0.417 e. The van der Waals surface area contributed by atoms with Gasteiger partial charge in [0.25, 0.3) is 5.91 Å². The average Bonchev–Trinajstić information content (AvgIpc) is 3.22. The zero-order chi connectivity index (χ0) is 22.7. The molecule has 0 bridgehead atoms. The molecule has 168 valence electrons. The molecular formula is C22H21F3N4OS2. The van der Waals surface area contributed by atoms with Gasteiger partial charge in [0, 0.05) is 54.8 Å². The number of anilines is 1. The SMILES string of the molecule is Cc1csc(SCc2ccc(C(=O)N3CCN(c4ccc(C(F)(F)F)cn4)CC3)cc2)n1. The van der Waals surface area contributed by atoms with Gasteiger partial charge in [-0.2, -0.15) is 13.2 Å². The lowest BCUT2D eigenvalue weighted by Gasteiger charge is -2.35. The van der Waals surface area contributed by atoms with Crippen molar-refractivity contribution < 1.29 is 18.0 Å². The lowest BCUT2D eigenvalue weighted by Crippen LogP contribution is -2.49. The lowest BCUT2D eigenvalue weighted by molar-refractivity contribution is -0.137. The molecule has 1 saturated heterocycles. The van der Waals surface area contributed by atoms with Gasteiger partial charge in [-0.25, -0.2) is 9.97 Å². The van der Waals surface area contributed by atoms with Crippen LogP contribution in [0.1, 0.15) is 27.2 Å². The molecule has 4 rings (SSSR count). The fraction of sp³-hybridized carbons (Fsp3) is 0.318. The standard InChI is InChI=1S/C22H21F3N4OS2/c1-15-13-31-21(27-15)32-14-16-2-4-17(5-3-16)20(30)29-10-8-28(9-11-29)19-7-6-18(12-26-19)22(23,24)25/h2-7,12-13H,8-11,14H2,1H3. The molecule has 10 heteroatoms. The number of rotatable bonds is 5. The highest BCUT2D eigenvalue weighted by molar-refractivity contribution is 8.00. The van der Waals surface area contributed by atoms with Gasteiger partial charge < -0.3 is 9.80 Å². The van der Waals surface area contributed by atoms with Crippen LogP contribution >= 0.6 is 23.1 Å². The number of thiazole rings is 1. The molecule has 1 aromatic carbocycles. The Morgan fingerprint density at radius 1 is 1.09 bits per heavy atom. The number of nitrogens with zero attached hydrogens (tertiary/aromatic N) is 4. The van der Waals surface area contributed by atoms with Crippen molar-refractivity contribution in [1.29, 1.82) is 0 Å². The molecule has 1 amide bonds. The number of alkyl halides is 3. The van der Waals surface area contributed by atoms with Gasteiger partial charge in [-0.1, -0.05) is 23.9 Å². The summed E-state index contributed by atoms with van der Waals surface area (Å²) in [5.41, 5.74) is 2.01. The first-order chi connectivity index (χ1) is 15.3. The number of hydrogen-bond acceptors (Lipinski definition) is 6. The maximum Gasteiger partial charge on any atom is 0.417 e. The zero-order valence-corrected chi connectivity index (χ0v) is 18.9. The van der Waals surface area contributed by atoms with Crippen molar-refractivity contribution in [2.75, 3.05) is 31.1 Å². The van der Waals surface area contributed by atoms with Gasteiger partial charge in [0.1, 0.15) is 10.2 Å². The van der Waals surface area contributed by atoms with Crippen molar-refractivity contribution in [2.24, 2.45) is 0 Å². The predicted octanol–water partition coefficient (Wildman–Crippen LogP) is 5.12. The summed E-state index contributed by atoms with van der Waals surface area (Å²) in [5, 5.41) is 2.03. The van der Waals surface area contributed by atoms with E-state index in [0.29, 0.717) is 37.6 Å². The minimum atomic E-state index is -4.40. The van der Waals surface area contributed by atoms with Crippen molar-refractivity contribution in [1.82, 2.24) is 14.9 Å². The van der Waals surface area contributed by atoms with Crippen LogP contribution < -0.4 is 4.90 Å². The number of halogens is 3. The highest BCUT2D eigenvalue weighted by Crippen LogP contribution is 2.30. The Bertz CT molecular complexity index is 1060. The monoisotopic (exact) mass is 478 g/mol. The lowest BCUT2D eigenvalue weighted by atomic mass is 10.1. The zero-order valence-electron chi connectivity index (χ0n) is 17.3. The summed E-state index contributed by atoms with van der Waals surface area (Å²) in [7, 11) is 0. The number of carbonyl (C=O) groups excluding carboxylic acids is 1. The van der Waals surface area contributed by atoms with Crippen molar-refractivity contribution in [2.45, 2.75) is 23.2 Å². The molecule has 1 aliphatic heterocycles. The van der Waals surface area contributed by atoms with E-state index in [9.17, 15) is 18.0 Å². The number of carbonyl (C=O) groups is 1. The Hall–Kier alpha value is -2.59. The molecule has 2 aromatic heterocycles. The van der Waals surface area contributed by atoms with Crippen LogP contribution in [0.5, 0.6) is 0 Å². The third-order valence-corrected chi connectivity index (χ3v) is 7.34. The van der Waals surface area contributed by atoms with Crippen LogP contribution in [0, 0.1) is 6.92 Å². The van der Waals surface area contributed by atoms with Crippen molar-refractivity contribution >= 4 is 34.8 Å². The number of aryl methyl sites for hydroxylation is 1. The van der Waals surface area contributed by atoms with Crippen LogP contribution in [0.2, 0.25) is 0 Å². The number of hydrogen-bond donors (Lipinski definition) is 0. The van der Waals surface area contributed by atoms with E-state index >= 15 is 0 Å². The molecular weight excluding hydrogens is 457 g/mol. The molecule has 1 aliphatic rings. The first-order valence-corrected chi connectivity index (χ1v) is 11.9. The third-order valence-electron chi connectivity index (χ3n) is 5.13. The van der Waals surface area contributed by atoms with Gasteiger partial charge in [0.2, 0.25) is 0 Å². The van der Waals surface area contributed by atoms with Crippen molar-refractivity contribution in [3.8, 4) is 0 Å². The number of piperazine rings is 1. The van der Waals surface area contributed by atoms with E-state index in [1.807, 2.05) is 41.5 Å². The molecule has 3 heterocycles. The molecule has 0 saturated carbocycles. The second-order valence-corrected chi connectivity index (χ2v) is 9.50. The average molecular weight is 479 g/mol. The number of benzene rings is 1. The molecule has 0 atom stereocenters. The van der Waals surface area contributed by atoms with Crippen LogP contribution in [0.3, 0.4) is 0 Å². The Morgan fingerprint density at radius 2 is 1.81 bits per heavy atom. The topological polar surface area (TPSA) is 49.3 Å². The van der Waals surface area contributed by atoms with Crippen LogP contribution in [-0.2, 0) is 11.9 Å². The summed E-state index contributed by atoms with van der Waals surface area (Å²) >= 11 is 3.30. The molecule has 0 aliphatic carbocycles. The molecule has 0 N–H and O–H groups in total. The fourth-order valence-corrected chi connectivity index (χ4v) is 5.15. The van der Waals surface area contributed by atoms with Crippen LogP contribution in [0.4, 0.5) is 19.0 Å². The fourth-order valence-electron chi connectivity index (χ4n) is 3.35. The third kappa shape index (κ3) is 5.42. The van der Waals surface area contributed by atoms with Crippen molar-refractivity contribution in [3.05, 3.63) is 70.4 Å². The Labute approximate surface area is 192 Å². The Balaban J connectivity index is 1.30. The predicted molar refractivity (Wildman–Crippen MR) is 120 cm³/mol. The summed E-state index contributed by atoms with van der Waals surface area (Å²) in [6.07, 6.45) is -3.55. The van der Waals surface area contributed by atoms with E-state index < -0.39 is 11.7 Å². The molecule has 5 nitrogen and oxygen atoms in total. The highest BCUT2D eigenvalue weighted by atomic mass is 32.2. The first-order valence-electron chi connectivity index (χ1n) is 10.0. The molecule has 32 heavy (non-hydrogen) atoms. The van der Waals surface area contributed by atoms with Crippen LogP contribution in [-0.4, -0.2) is 47.0 Å². The minimum Gasteiger partial charge on any atom is -0.353 e. The Morgan fingerprint density at radius 3 is 2.38 bits per heavy atom. The van der Waals surface area contributed by atoms with Gasteiger partial charge in [-0.15, -0.1) is 11.3 Å². The number of thioether (sulfide) groups is 1. The molecule has 0 radical (unpaired) electrons. The molecule has 0 spiro atoms. The minimum absolute atomic E-state index is 0.0419. The Kier molecular flexibility index (Phi) is 6.71. The van der Waals surface area contributed by atoms with Crippen LogP contribution in [0.15, 0.2) is 52.3 Å². The first kappa shape index (κ1) is 22.6. The van der Waals surface area contributed by atoms with E-state index in [1.54, 1.807) is 28.0 Å². The van der Waals surface area contributed by atoms with E-state index in [2.05, 4.69) is 9.97 Å². The summed E-state index contributed by atoms with van der Waals surface area (Å²) in [6.45, 7) is 3.99. The number of pyridine rings is 1. The second-order valence-electron chi connectivity index (χ2n) is 7.42. The molecule has 1 fully saturated rings. The maximum atomic E-state index is 12.8. The van der Waals surface area contributed by atoms with E-state index in [-0.39, 0.29) is 5.91 Å². The van der Waals surface area contributed by atoms with Crippen molar-refractivity contribution in [3.63, 3.8) is 0 Å². The van der Waals surface area contributed by atoms with E-state index in [4.69, 9.17) is 0 Å². The highest BCUT2D eigenvalue weighted by Gasteiger charge is 2.31. The quantitative estimate of drug-likeness (QED) is 0.477. The normalized spacial score (nSPS) is 14.6. The second kappa shape index (κ2) is 9.50. The summed E-state index contributed by atoms with van der Waals surface area (Å²) in [5.74, 6) is 1.24. The number of aromatic nitrogens is 2. The van der Waals surface area contributed by atoms with Gasteiger partial charge in [0.05, 0.1) is 5.56 Å². The summed E-state index contributed by atoms with van der Waals surface area (Å²) in [4.78, 5) is 24.9. The number of amides is 1. The summed E-state index contributed by atoms with van der Waals surface area (Å²) in [6, 6.07) is 10.0. The van der Waals surface area contributed by atoms with Crippen LogP contribution in [0.25, 0.3) is 0 Å². The van der Waals surface area contributed by atoms with Gasteiger partial charge >= 0.3 is 6.18 Å².